The second-order valence-electron chi connectivity index (χ2n) is 3.24. The highest BCUT2D eigenvalue weighted by molar-refractivity contribution is 7.12. The summed E-state index contributed by atoms with van der Waals surface area (Å²) in [5.74, 6) is 6.72. The minimum absolute atomic E-state index is 0.742. The van der Waals surface area contributed by atoms with Crippen molar-refractivity contribution >= 4 is 11.3 Å². The van der Waals surface area contributed by atoms with Crippen LogP contribution in [0.5, 0.6) is 0 Å². The van der Waals surface area contributed by atoms with Crippen molar-refractivity contribution in [3.63, 3.8) is 0 Å². The molecule has 0 amide bonds. The van der Waals surface area contributed by atoms with Crippen LogP contribution in [0, 0.1) is 17.8 Å². The van der Waals surface area contributed by atoms with Crippen LogP contribution in [0.1, 0.15) is 30.5 Å². The minimum atomic E-state index is 0.742. The Hall–Kier alpha value is -0.740. The van der Waals surface area contributed by atoms with E-state index in [-0.39, 0.29) is 0 Å². The molecular weight excluding hydrogens is 164 g/mol. The molecule has 1 heterocycles. The fourth-order valence-electron chi connectivity index (χ4n) is 1.08. The predicted octanol–water partition coefficient (Wildman–Crippen LogP) is 3.32. The lowest BCUT2D eigenvalue weighted by atomic mass is 10.1. The summed E-state index contributed by atoms with van der Waals surface area (Å²) in [5, 5.41) is 0. The van der Waals surface area contributed by atoms with Gasteiger partial charge in [0, 0.05) is 4.88 Å². The van der Waals surface area contributed by atoms with Gasteiger partial charge in [-0.2, -0.15) is 0 Å². The Morgan fingerprint density at radius 3 is 2.75 bits per heavy atom. The van der Waals surface area contributed by atoms with E-state index in [4.69, 9.17) is 0 Å². The third-order valence-electron chi connectivity index (χ3n) is 1.52. The molecule has 1 aromatic rings. The van der Waals surface area contributed by atoms with E-state index in [1.807, 2.05) is 18.3 Å². The molecular formula is C11H14S. The van der Waals surface area contributed by atoms with Crippen molar-refractivity contribution in [1.29, 1.82) is 0 Å². The van der Waals surface area contributed by atoms with Crippen molar-refractivity contribution < 1.29 is 0 Å². The van der Waals surface area contributed by atoms with E-state index in [0.29, 0.717) is 0 Å². The first-order valence-corrected chi connectivity index (χ1v) is 5.05. The van der Waals surface area contributed by atoms with E-state index in [1.54, 1.807) is 0 Å². The Balaban J connectivity index is 2.68. The van der Waals surface area contributed by atoms with Crippen LogP contribution < -0.4 is 0 Å². The van der Waals surface area contributed by atoms with Gasteiger partial charge < -0.3 is 0 Å². The van der Waals surface area contributed by atoms with Gasteiger partial charge >= 0.3 is 0 Å². The summed E-state index contributed by atoms with van der Waals surface area (Å²) in [5.41, 5.74) is 0. The third-order valence-corrected chi connectivity index (χ3v) is 2.54. The highest BCUT2D eigenvalue weighted by Crippen LogP contribution is 2.18. The summed E-state index contributed by atoms with van der Waals surface area (Å²) in [6.07, 6.45) is 1.18. The first-order chi connectivity index (χ1) is 5.72. The topological polar surface area (TPSA) is 0 Å². The predicted molar refractivity (Wildman–Crippen MR) is 55.4 cm³/mol. The Morgan fingerprint density at radius 1 is 1.42 bits per heavy atom. The maximum Gasteiger partial charge on any atom is 0.0771 e. The van der Waals surface area contributed by atoms with Crippen LogP contribution in [0.4, 0.5) is 0 Å². The molecule has 1 heteroatoms. The second-order valence-corrected chi connectivity index (χ2v) is 4.41. The summed E-state index contributed by atoms with van der Waals surface area (Å²) in [7, 11) is 0. The lowest BCUT2D eigenvalue weighted by Crippen LogP contribution is -1.89. The smallest absolute Gasteiger partial charge is 0.0771 e. The molecule has 0 saturated heterocycles. The van der Waals surface area contributed by atoms with Gasteiger partial charge in [-0.3, -0.25) is 0 Å². The zero-order valence-corrected chi connectivity index (χ0v) is 8.66. The molecule has 0 fully saturated rings. The summed E-state index contributed by atoms with van der Waals surface area (Å²) < 4.78 is 0. The number of thiophene rings is 1. The normalized spacial score (nSPS) is 9.67. The lowest BCUT2D eigenvalue weighted by molar-refractivity contribution is 0.654. The van der Waals surface area contributed by atoms with Crippen molar-refractivity contribution in [2.45, 2.75) is 27.2 Å². The van der Waals surface area contributed by atoms with Gasteiger partial charge in [0.15, 0.2) is 0 Å². The molecule has 0 atom stereocenters. The second kappa shape index (κ2) is 4.33. The molecule has 64 valence electrons. The van der Waals surface area contributed by atoms with Crippen molar-refractivity contribution in [1.82, 2.24) is 0 Å². The van der Waals surface area contributed by atoms with E-state index in [1.165, 1.54) is 16.2 Å². The number of rotatable bonds is 2. The maximum absolute atomic E-state index is 3.07. The van der Waals surface area contributed by atoms with Gasteiger partial charge in [0.25, 0.3) is 0 Å². The first kappa shape index (κ1) is 9.35. The largest absolute Gasteiger partial charge is 0.132 e. The highest BCUT2D eigenvalue weighted by Gasteiger charge is 2.00. The van der Waals surface area contributed by atoms with Crippen LogP contribution in [-0.2, 0) is 6.42 Å². The van der Waals surface area contributed by atoms with Gasteiger partial charge in [0.05, 0.1) is 4.88 Å². The molecule has 12 heavy (non-hydrogen) atoms. The molecule has 0 aromatic carbocycles. The summed E-state index contributed by atoms with van der Waals surface area (Å²) >= 11 is 1.81. The van der Waals surface area contributed by atoms with Gasteiger partial charge in [-0.1, -0.05) is 19.8 Å². The van der Waals surface area contributed by atoms with E-state index < -0.39 is 0 Å². The van der Waals surface area contributed by atoms with E-state index in [9.17, 15) is 0 Å². The molecule has 0 bridgehead atoms. The fraction of sp³-hybridized carbons (Fsp3) is 0.455. The molecule has 1 aromatic heterocycles. The zero-order valence-electron chi connectivity index (χ0n) is 7.85. The van der Waals surface area contributed by atoms with Crippen molar-refractivity contribution in [3.05, 3.63) is 21.9 Å². The Labute approximate surface area is 78.6 Å². The van der Waals surface area contributed by atoms with E-state index in [0.717, 1.165) is 5.92 Å². The molecule has 0 aliphatic rings. The van der Waals surface area contributed by atoms with Crippen LogP contribution in [0.3, 0.4) is 0 Å². The first-order valence-electron chi connectivity index (χ1n) is 4.24. The van der Waals surface area contributed by atoms with Crippen LogP contribution in [-0.4, -0.2) is 0 Å². The van der Waals surface area contributed by atoms with Crippen LogP contribution in [0.25, 0.3) is 0 Å². The van der Waals surface area contributed by atoms with Crippen LogP contribution in [0.15, 0.2) is 12.1 Å². The molecule has 1 rings (SSSR count). The summed E-state index contributed by atoms with van der Waals surface area (Å²) in [4.78, 5) is 2.64. The molecule has 0 radical (unpaired) electrons. The summed E-state index contributed by atoms with van der Waals surface area (Å²) in [6.45, 7) is 6.36. The van der Waals surface area contributed by atoms with E-state index >= 15 is 0 Å². The van der Waals surface area contributed by atoms with Gasteiger partial charge in [0.1, 0.15) is 0 Å². The lowest BCUT2D eigenvalue weighted by Gasteiger charge is -1.98. The molecule has 0 spiro atoms. The molecule has 0 aliphatic heterocycles. The molecule has 0 aliphatic carbocycles. The number of hydrogen-bond donors (Lipinski definition) is 0. The van der Waals surface area contributed by atoms with Gasteiger partial charge in [-0.15, -0.1) is 17.3 Å². The molecule has 0 N–H and O–H groups in total. The third kappa shape index (κ3) is 2.71. The van der Waals surface area contributed by atoms with Crippen molar-refractivity contribution in [2.24, 2.45) is 5.92 Å². The Morgan fingerprint density at radius 2 is 2.17 bits per heavy atom. The Bertz CT molecular complexity index is 296. The molecule has 0 nitrogen and oxygen atoms in total. The monoisotopic (exact) mass is 178 g/mol. The maximum atomic E-state index is 3.07. The minimum Gasteiger partial charge on any atom is -0.132 e. The van der Waals surface area contributed by atoms with Gasteiger partial charge in [-0.05, 0) is 31.4 Å². The number of hydrogen-bond acceptors (Lipinski definition) is 1. The summed E-state index contributed by atoms with van der Waals surface area (Å²) in [6, 6.07) is 4.29. The van der Waals surface area contributed by atoms with Crippen molar-refractivity contribution in [2.75, 3.05) is 0 Å². The van der Waals surface area contributed by atoms with E-state index in [2.05, 4.69) is 37.8 Å². The Kier molecular flexibility index (Phi) is 3.37. The van der Waals surface area contributed by atoms with Gasteiger partial charge in [-0.25, -0.2) is 0 Å². The quantitative estimate of drug-likeness (QED) is 0.609. The standard InChI is InChI=1S/C11H14S/c1-4-5-10-6-7-11(12-10)8-9(2)3/h6-7,9H,8H2,1-3H3. The average Bonchev–Trinajstić information content (AvgIpc) is 2.36. The van der Waals surface area contributed by atoms with Crippen LogP contribution >= 0.6 is 11.3 Å². The highest BCUT2D eigenvalue weighted by atomic mass is 32.1. The fourth-order valence-corrected chi connectivity index (χ4v) is 2.20. The average molecular weight is 178 g/mol. The van der Waals surface area contributed by atoms with Crippen molar-refractivity contribution in [3.8, 4) is 11.8 Å². The van der Waals surface area contributed by atoms with Gasteiger partial charge in [0.2, 0.25) is 0 Å². The zero-order chi connectivity index (χ0) is 8.97. The molecule has 0 unspecified atom stereocenters. The van der Waals surface area contributed by atoms with Crippen LogP contribution in [0.2, 0.25) is 0 Å². The SMILES string of the molecule is CC#Cc1ccc(CC(C)C)s1. The molecule has 0 saturated carbocycles.